The second-order valence-electron chi connectivity index (χ2n) is 4.93. The van der Waals surface area contributed by atoms with Crippen molar-refractivity contribution in [3.8, 4) is 11.3 Å². The first-order valence-corrected chi connectivity index (χ1v) is 7.71. The highest BCUT2D eigenvalue weighted by atomic mass is 32.1. The van der Waals surface area contributed by atoms with Gasteiger partial charge < -0.3 is 4.98 Å². The molecule has 1 N–H and O–H groups in total. The van der Waals surface area contributed by atoms with Gasteiger partial charge in [-0.3, -0.25) is 9.78 Å². The van der Waals surface area contributed by atoms with Gasteiger partial charge >= 0.3 is 0 Å². The number of aromatic nitrogens is 4. The van der Waals surface area contributed by atoms with E-state index in [-0.39, 0.29) is 5.43 Å². The molecule has 4 heterocycles. The van der Waals surface area contributed by atoms with Crippen molar-refractivity contribution in [1.82, 2.24) is 19.7 Å². The predicted octanol–water partition coefficient (Wildman–Crippen LogP) is 2.90. The summed E-state index contributed by atoms with van der Waals surface area (Å²) in [5, 5.41) is 6.98. The van der Waals surface area contributed by atoms with Crippen LogP contribution in [-0.2, 0) is 6.54 Å². The zero-order valence-corrected chi connectivity index (χ0v) is 12.4. The van der Waals surface area contributed by atoms with Gasteiger partial charge in [-0.1, -0.05) is 6.07 Å². The van der Waals surface area contributed by atoms with Crippen LogP contribution < -0.4 is 5.43 Å². The van der Waals surface area contributed by atoms with Crippen LogP contribution in [0, 0.1) is 0 Å². The lowest BCUT2D eigenvalue weighted by Crippen LogP contribution is -2.06. The Kier molecular flexibility index (Phi) is 3.08. The summed E-state index contributed by atoms with van der Waals surface area (Å²) in [4.78, 5) is 20.9. The summed E-state index contributed by atoms with van der Waals surface area (Å²) in [6, 6.07) is 9.43. The molecule has 0 saturated heterocycles. The topological polar surface area (TPSA) is 63.6 Å². The van der Waals surface area contributed by atoms with Gasteiger partial charge in [0, 0.05) is 28.9 Å². The van der Waals surface area contributed by atoms with E-state index in [4.69, 9.17) is 0 Å². The molecule has 22 heavy (non-hydrogen) atoms. The van der Waals surface area contributed by atoms with E-state index in [1.165, 1.54) is 4.88 Å². The van der Waals surface area contributed by atoms with Gasteiger partial charge in [0.05, 0.1) is 23.8 Å². The van der Waals surface area contributed by atoms with Gasteiger partial charge in [-0.2, -0.15) is 5.10 Å². The van der Waals surface area contributed by atoms with E-state index < -0.39 is 0 Å². The minimum atomic E-state index is -0.0370. The van der Waals surface area contributed by atoms with Crippen LogP contribution in [0.1, 0.15) is 4.88 Å². The lowest BCUT2D eigenvalue weighted by molar-refractivity contribution is 0.713. The van der Waals surface area contributed by atoms with Crippen LogP contribution in [-0.4, -0.2) is 19.7 Å². The number of nitrogens with one attached hydrogen (secondary N) is 1. The number of aromatic amines is 1. The maximum absolute atomic E-state index is 12.3. The van der Waals surface area contributed by atoms with Gasteiger partial charge in [0.1, 0.15) is 5.65 Å². The molecule has 5 nitrogen and oxygen atoms in total. The fourth-order valence-electron chi connectivity index (χ4n) is 2.42. The number of H-pyrrole nitrogens is 1. The van der Waals surface area contributed by atoms with Crippen molar-refractivity contribution in [2.24, 2.45) is 0 Å². The minimum Gasteiger partial charge on any atom is -0.339 e. The molecule has 0 radical (unpaired) electrons. The third-order valence-electron chi connectivity index (χ3n) is 3.49. The van der Waals surface area contributed by atoms with Gasteiger partial charge in [0.2, 0.25) is 0 Å². The van der Waals surface area contributed by atoms with E-state index in [2.05, 4.69) is 21.1 Å². The molecule has 0 aliphatic carbocycles. The van der Waals surface area contributed by atoms with Crippen LogP contribution in [0.5, 0.6) is 0 Å². The first-order chi connectivity index (χ1) is 10.8. The molecule has 0 aromatic carbocycles. The quantitative estimate of drug-likeness (QED) is 0.633. The molecule has 4 aromatic heterocycles. The van der Waals surface area contributed by atoms with Crippen LogP contribution in [0.4, 0.5) is 0 Å². The third kappa shape index (κ3) is 2.23. The highest BCUT2D eigenvalue weighted by molar-refractivity contribution is 7.09. The van der Waals surface area contributed by atoms with E-state index in [0.29, 0.717) is 11.9 Å². The van der Waals surface area contributed by atoms with Crippen molar-refractivity contribution in [2.45, 2.75) is 6.54 Å². The fraction of sp³-hybridized carbons (Fsp3) is 0.0625. The van der Waals surface area contributed by atoms with Crippen molar-refractivity contribution < 1.29 is 0 Å². The molecule has 108 valence electrons. The smallest absolute Gasteiger partial charge is 0.193 e. The molecular weight excluding hydrogens is 296 g/mol. The standard InChI is InChI=1S/C16H12N4OS/c21-15-7-14(11-3-1-5-17-8-11)19-16-13(15)9-18-20(16)10-12-4-2-6-22-12/h1-9H,10H2,(H,19,21). The van der Waals surface area contributed by atoms with Gasteiger partial charge in [-0.25, -0.2) is 4.68 Å². The lowest BCUT2D eigenvalue weighted by atomic mass is 10.2. The van der Waals surface area contributed by atoms with E-state index in [1.807, 2.05) is 28.3 Å². The normalized spacial score (nSPS) is 11.1. The molecule has 4 rings (SSSR count). The largest absolute Gasteiger partial charge is 0.339 e. The average Bonchev–Trinajstić information content (AvgIpc) is 3.19. The first-order valence-electron chi connectivity index (χ1n) is 6.83. The molecule has 0 atom stereocenters. The second-order valence-corrected chi connectivity index (χ2v) is 5.97. The van der Waals surface area contributed by atoms with Crippen LogP contribution in [0.3, 0.4) is 0 Å². The number of nitrogens with zero attached hydrogens (tertiary/aromatic N) is 3. The summed E-state index contributed by atoms with van der Waals surface area (Å²) in [5.41, 5.74) is 2.33. The molecule has 0 amide bonds. The number of pyridine rings is 2. The van der Waals surface area contributed by atoms with Crippen molar-refractivity contribution in [1.29, 1.82) is 0 Å². The first kappa shape index (κ1) is 13.0. The highest BCUT2D eigenvalue weighted by Gasteiger charge is 2.10. The maximum Gasteiger partial charge on any atom is 0.193 e. The molecule has 6 heteroatoms. The lowest BCUT2D eigenvalue weighted by Gasteiger charge is -2.05. The maximum atomic E-state index is 12.3. The molecule has 0 fully saturated rings. The average molecular weight is 308 g/mol. The van der Waals surface area contributed by atoms with E-state index in [0.717, 1.165) is 16.9 Å². The van der Waals surface area contributed by atoms with Gasteiger partial charge in [-0.15, -0.1) is 11.3 Å². The Hall–Kier alpha value is -2.73. The third-order valence-corrected chi connectivity index (χ3v) is 4.35. The minimum absolute atomic E-state index is 0.0370. The highest BCUT2D eigenvalue weighted by Crippen LogP contribution is 2.18. The number of rotatable bonds is 3. The summed E-state index contributed by atoms with van der Waals surface area (Å²) in [6.45, 7) is 0.646. The molecule has 0 spiro atoms. The summed E-state index contributed by atoms with van der Waals surface area (Å²) >= 11 is 1.67. The van der Waals surface area contributed by atoms with Crippen LogP contribution in [0.2, 0.25) is 0 Å². The Labute approximate surface area is 129 Å². The Morgan fingerprint density at radius 2 is 2.18 bits per heavy atom. The number of fused-ring (bicyclic) bond motifs is 1. The Balaban J connectivity index is 1.87. The summed E-state index contributed by atoms with van der Waals surface area (Å²) in [7, 11) is 0. The SMILES string of the molecule is O=c1cc(-c2cccnc2)[nH]c2c1cnn2Cc1cccs1. The zero-order valence-electron chi connectivity index (χ0n) is 11.6. The zero-order chi connectivity index (χ0) is 14.9. The number of hydrogen-bond acceptors (Lipinski definition) is 4. The van der Waals surface area contributed by atoms with Crippen molar-refractivity contribution >= 4 is 22.4 Å². The summed E-state index contributed by atoms with van der Waals surface area (Å²) in [5.74, 6) is 0. The van der Waals surface area contributed by atoms with Crippen LogP contribution in [0.15, 0.2) is 59.1 Å². The monoisotopic (exact) mass is 308 g/mol. The number of hydrogen-bond donors (Lipinski definition) is 1. The Morgan fingerprint density at radius 3 is 2.95 bits per heavy atom. The Morgan fingerprint density at radius 1 is 1.23 bits per heavy atom. The molecule has 0 unspecified atom stereocenters. The molecular formula is C16H12N4OS. The molecule has 0 bridgehead atoms. The molecule has 0 aliphatic rings. The Bertz CT molecular complexity index is 970. The van der Waals surface area contributed by atoms with E-state index >= 15 is 0 Å². The summed E-state index contributed by atoms with van der Waals surface area (Å²) in [6.07, 6.45) is 5.06. The number of thiophene rings is 1. The van der Waals surface area contributed by atoms with E-state index in [9.17, 15) is 4.79 Å². The molecule has 0 saturated carbocycles. The van der Waals surface area contributed by atoms with Gasteiger partial charge in [0.15, 0.2) is 5.43 Å². The van der Waals surface area contributed by atoms with E-state index in [1.54, 1.807) is 36.0 Å². The molecule has 4 aromatic rings. The van der Waals surface area contributed by atoms with Crippen LogP contribution >= 0.6 is 11.3 Å². The predicted molar refractivity (Wildman–Crippen MR) is 87.0 cm³/mol. The molecule has 0 aliphatic heterocycles. The van der Waals surface area contributed by atoms with Crippen molar-refractivity contribution in [3.63, 3.8) is 0 Å². The van der Waals surface area contributed by atoms with Crippen LogP contribution in [0.25, 0.3) is 22.3 Å². The van der Waals surface area contributed by atoms with Gasteiger partial charge in [0.25, 0.3) is 0 Å². The fourth-order valence-corrected chi connectivity index (χ4v) is 3.10. The van der Waals surface area contributed by atoms with Gasteiger partial charge in [-0.05, 0) is 23.6 Å². The van der Waals surface area contributed by atoms with Crippen molar-refractivity contribution in [2.75, 3.05) is 0 Å². The second kappa shape index (κ2) is 5.23. The summed E-state index contributed by atoms with van der Waals surface area (Å²) < 4.78 is 1.82. The van der Waals surface area contributed by atoms with Crippen molar-refractivity contribution in [3.05, 3.63) is 69.4 Å².